The zero-order valence-corrected chi connectivity index (χ0v) is 12.5. The summed E-state index contributed by atoms with van der Waals surface area (Å²) >= 11 is 0. The van der Waals surface area contributed by atoms with Gasteiger partial charge in [-0.05, 0) is 19.8 Å². The van der Waals surface area contributed by atoms with Crippen molar-refractivity contribution in [1.82, 2.24) is 15.5 Å². The normalized spacial score (nSPS) is 14.1. The van der Waals surface area contributed by atoms with Crippen LogP contribution in [0, 0.1) is 0 Å². The molecule has 0 aromatic carbocycles. The van der Waals surface area contributed by atoms with E-state index in [9.17, 15) is 9.00 Å². The molecule has 0 saturated heterocycles. The summed E-state index contributed by atoms with van der Waals surface area (Å²) in [5.41, 5.74) is 0. The summed E-state index contributed by atoms with van der Waals surface area (Å²) in [4.78, 5) is 15.8. The number of aryl methyl sites for hydroxylation is 1. The summed E-state index contributed by atoms with van der Waals surface area (Å²) in [5, 5.41) is 5.93. The second-order valence-electron chi connectivity index (χ2n) is 4.31. The smallest absolute Gasteiger partial charge is 0.235 e. The molecule has 0 saturated carbocycles. The third-order valence-corrected chi connectivity index (χ3v) is 4.10. The number of rotatable bonds is 8. The van der Waals surface area contributed by atoms with Crippen LogP contribution in [0.5, 0.6) is 0 Å². The van der Waals surface area contributed by atoms with Gasteiger partial charge in [0.15, 0.2) is 5.82 Å². The van der Waals surface area contributed by atoms with Crippen LogP contribution in [0.1, 0.15) is 45.3 Å². The molecular formula is C12H21N3O3S. The second kappa shape index (κ2) is 8.04. The molecule has 1 heterocycles. The lowest BCUT2D eigenvalue weighted by atomic mass is 10.3. The lowest BCUT2D eigenvalue weighted by Crippen LogP contribution is -2.36. The zero-order chi connectivity index (χ0) is 14.3. The van der Waals surface area contributed by atoms with Crippen LogP contribution in [0.3, 0.4) is 0 Å². The molecule has 19 heavy (non-hydrogen) atoms. The molecule has 0 aliphatic carbocycles. The van der Waals surface area contributed by atoms with E-state index < -0.39 is 16.0 Å². The monoisotopic (exact) mass is 287 g/mol. The molecule has 0 bridgehead atoms. The number of nitrogens with zero attached hydrogens (tertiary/aromatic N) is 2. The van der Waals surface area contributed by atoms with E-state index in [0.717, 1.165) is 12.8 Å². The summed E-state index contributed by atoms with van der Waals surface area (Å²) < 4.78 is 17.0. The van der Waals surface area contributed by atoms with Gasteiger partial charge in [0, 0.05) is 23.8 Å². The molecule has 0 spiro atoms. The van der Waals surface area contributed by atoms with Crippen LogP contribution in [0.25, 0.3) is 0 Å². The Bertz CT molecular complexity index is 434. The van der Waals surface area contributed by atoms with Crippen molar-refractivity contribution < 1.29 is 13.5 Å². The van der Waals surface area contributed by atoms with E-state index in [1.54, 1.807) is 6.92 Å². The average Bonchev–Trinajstić information content (AvgIpc) is 2.82. The van der Waals surface area contributed by atoms with Crippen molar-refractivity contribution in [1.29, 1.82) is 0 Å². The Balaban J connectivity index is 2.50. The lowest BCUT2D eigenvalue weighted by molar-refractivity contribution is -0.120. The van der Waals surface area contributed by atoms with Crippen molar-refractivity contribution >= 4 is 16.7 Å². The van der Waals surface area contributed by atoms with Gasteiger partial charge in [-0.3, -0.25) is 9.00 Å². The van der Waals surface area contributed by atoms with Crippen LogP contribution in [0.2, 0.25) is 0 Å². The van der Waals surface area contributed by atoms with Gasteiger partial charge in [0.2, 0.25) is 11.8 Å². The fraction of sp³-hybridized carbons (Fsp3) is 0.750. The van der Waals surface area contributed by atoms with Crippen molar-refractivity contribution in [2.75, 3.05) is 6.54 Å². The molecule has 0 aliphatic rings. The third-order valence-electron chi connectivity index (χ3n) is 2.56. The Morgan fingerprint density at radius 2 is 2.16 bits per heavy atom. The number of nitrogens with one attached hydrogen (secondary N) is 1. The molecule has 2 atom stereocenters. The Morgan fingerprint density at radius 3 is 2.79 bits per heavy atom. The maximum atomic E-state index is 12.0. The standard InChI is InChI=1S/C12H21N3O3S/c1-4-6-11-14-10(15-18-11)8-19(17)9(3)12(16)13-7-5-2/h9H,4-8H2,1-3H3,(H,13,16)/t9-,19+/m1/s1. The SMILES string of the molecule is CCCNC(=O)[C@@H](C)[S@@](=O)Cc1noc(CCC)n1. The van der Waals surface area contributed by atoms with Crippen molar-refractivity contribution in [3.05, 3.63) is 11.7 Å². The van der Waals surface area contributed by atoms with Gasteiger partial charge >= 0.3 is 0 Å². The van der Waals surface area contributed by atoms with Gasteiger partial charge < -0.3 is 9.84 Å². The Labute approximate surface area is 115 Å². The number of carbonyl (C=O) groups excluding carboxylic acids is 1. The number of carbonyl (C=O) groups is 1. The molecule has 1 aromatic rings. The highest BCUT2D eigenvalue weighted by Gasteiger charge is 2.21. The maximum Gasteiger partial charge on any atom is 0.235 e. The molecule has 0 radical (unpaired) electrons. The predicted molar refractivity (Wildman–Crippen MR) is 72.9 cm³/mol. The Kier molecular flexibility index (Phi) is 6.69. The highest BCUT2D eigenvalue weighted by molar-refractivity contribution is 7.85. The molecule has 7 heteroatoms. The maximum absolute atomic E-state index is 12.0. The first kappa shape index (κ1) is 15.8. The third kappa shape index (κ3) is 5.10. The van der Waals surface area contributed by atoms with Crippen LogP contribution in [0.4, 0.5) is 0 Å². The average molecular weight is 287 g/mol. The molecule has 108 valence electrons. The van der Waals surface area contributed by atoms with Crippen molar-refractivity contribution in [3.63, 3.8) is 0 Å². The summed E-state index contributed by atoms with van der Waals surface area (Å²) in [7, 11) is -1.34. The highest BCUT2D eigenvalue weighted by Crippen LogP contribution is 2.06. The summed E-state index contributed by atoms with van der Waals surface area (Å²) in [5.74, 6) is 0.903. The number of aromatic nitrogens is 2. The first-order valence-corrected chi connectivity index (χ1v) is 7.93. The molecular weight excluding hydrogens is 266 g/mol. The van der Waals surface area contributed by atoms with Crippen molar-refractivity contribution in [2.45, 2.75) is 51.0 Å². The van der Waals surface area contributed by atoms with Crippen LogP contribution < -0.4 is 5.32 Å². The van der Waals surface area contributed by atoms with Gasteiger partial charge in [-0.25, -0.2) is 0 Å². The first-order chi connectivity index (χ1) is 9.08. The van der Waals surface area contributed by atoms with E-state index in [1.165, 1.54) is 0 Å². The predicted octanol–water partition coefficient (Wildman–Crippen LogP) is 1.19. The highest BCUT2D eigenvalue weighted by atomic mass is 32.2. The minimum atomic E-state index is -1.34. The molecule has 1 rings (SSSR count). The molecule has 1 amide bonds. The first-order valence-electron chi connectivity index (χ1n) is 6.54. The topological polar surface area (TPSA) is 85.1 Å². The van der Waals surface area contributed by atoms with E-state index in [0.29, 0.717) is 24.7 Å². The van der Waals surface area contributed by atoms with Crippen LogP contribution in [-0.2, 0) is 27.8 Å². The van der Waals surface area contributed by atoms with Crippen molar-refractivity contribution in [3.8, 4) is 0 Å². The lowest BCUT2D eigenvalue weighted by Gasteiger charge is -2.10. The number of hydrogen-bond acceptors (Lipinski definition) is 5. The van der Waals surface area contributed by atoms with Gasteiger partial charge in [0.05, 0.1) is 5.75 Å². The van der Waals surface area contributed by atoms with Gasteiger partial charge in [0.1, 0.15) is 5.25 Å². The van der Waals surface area contributed by atoms with E-state index >= 15 is 0 Å². The zero-order valence-electron chi connectivity index (χ0n) is 11.6. The van der Waals surface area contributed by atoms with Gasteiger partial charge in [-0.1, -0.05) is 19.0 Å². The molecule has 1 N–H and O–H groups in total. The molecule has 0 fully saturated rings. The van der Waals surface area contributed by atoms with E-state index in [-0.39, 0.29) is 11.7 Å². The van der Waals surface area contributed by atoms with E-state index in [4.69, 9.17) is 4.52 Å². The summed E-state index contributed by atoms with van der Waals surface area (Å²) in [6, 6.07) is 0. The Hall–Kier alpha value is -1.24. The minimum absolute atomic E-state index is 0.147. The summed E-state index contributed by atoms with van der Waals surface area (Å²) in [6.07, 6.45) is 2.49. The van der Waals surface area contributed by atoms with Gasteiger partial charge in [-0.2, -0.15) is 4.98 Å². The molecule has 0 unspecified atom stereocenters. The second-order valence-corrected chi connectivity index (χ2v) is 6.07. The van der Waals surface area contributed by atoms with Crippen molar-refractivity contribution in [2.24, 2.45) is 0 Å². The summed E-state index contributed by atoms with van der Waals surface area (Å²) in [6.45, 7) is 6.23. The molecule has 1 aromatic heterocycles. The number of hydrogen-bond donors (Lipinski definition) is 1. The van der Waals surface area contributed by atoms with E-state index in [2.05, 4.69) is 15.5 Å². The van der Waals surface area contributed by atoms with Crippen LogP contribution in [-0.4, -0.2) is 32.1 Å². The number of amides is 1. The van der Waals surface area contributed by atoms with E-state index in [1.807, 2.05) is 13.8 Å². The van der Waals surface area contributed by atoms with Gasteiger partial charge in [0.25, 0.3) is 0 Å². The van der Waals surface area contributed by atoms with Crippen LogP contribution >= 0.6 is 0 Å². The fourth-order valence-electron chi connectivity index (χ4n) is 1.43. The van der Waals surface area contributed by atoms with Crippen LogP contribution in [0.15, 0.2) is 4.52 Å². The molecule has 6 nitrogen and oxygen atoms in total. The quantitative estimate of drug-likeness (QED) is 0.776. The largest absolute Gasteiger partial charge is 0.355 e. The van der Waals surface area contributed by atoms with Gasteiger partial charge in [-0.15, -0.1) is 0 Å². The molecule has 0 aliphatic heterocycles. The Morgan fingerprint density at radius 1 is 1.42 bits per heavy atom. The minimum Gasteiger partial charge on any atom is -0.355 e. The fourth-order valence-corrected chi connectivity index (χ4v) is 2.37.